The Hall–Kier alpha value is -1.10. The number of esters is 1. The second-order valence-corrected chi connectivity index (χ2v) is 3.40. The zero-order valence-electron chi connectivity index (χ0n) is 7.45. The van der Waals surface area contributed by atoms with E-state index in [1.165, 1.54) is 7.11 Å². The van der Waals surface area contributed by atoms with E-state index in [1.807, 2.05) is 4.90 Å². The number of amides is 1. The molecule has 0 saturated carbocycles. The number of nitrogens with zero attached hydrogens (tertiary/aromatic N) is 1. The second kappa shape index (κ2) is 2.99. The van der Waals surface area contributed by atoms with Crippen molar-refractivity contribution in [2.75, 3.05) is 20.2 Å². The summed E-state index contributed by atoms with van der Waals surface area (Å²) in [5, 5.41) is 2.79. The van der Waals surface area contributed by atoms with Gasteiger partial charge in [-0.15, -0.1) is 0 Å². The average Bonchev–Trinajstić information content (AvgIpc) is 2.37. The van der Waals surface area contributed by atoms with Gasteiger partial charge in [0.1, 0.15) is 6.04 Å². The first-order valence-electron chi connectivity index (χ1n) is 4.33. The molecule has 0 aliphatic carbocycles. The summed E-state index contributed by atoms with van der Waals surface area (Å²) in [5.74, 6) is -0.245. The van der Waals surface area contributed by atoms with E-state index in [0.717, 1.165) is 13.0 Å². The summed E-state index contributed by atoms with van der Waals surface area (Å²) in [6.45, 7) is 1.11. The molecule has 5 heteroatoms. The van der Waals surface area contributed by atoms with Crippen molar-refractivity contribution >= 4 is 11.9 Å². The molecule has 72 valence electrons. The molecular weight excluding hydrogens is 172 g/mol. The third-order valence-corrected chi connectivity index (χ3v) is 2.64. The highest BCUT2D eigenvalue weighted by atomic mass is 16.5. The minimum atomic E-state index is -0.261. The van der Waals surface area contributed by atoms with Gasteiger partial charge in [-0.2, -0.15) is 0 Å². The number of hydrogen-bond acceptors (Lipinski definition) is 4. The van der Waals surface area contributed by atoms with E-state index in [2.05, 4.69) is 10.1 Å². The maximum atomic E-state index is 11.3. The Kier molecular flexibility index (Phi) is 1.95. The Morgan fingerprint density at radius 2 is 2.46 bits per heavy atom. The van der Waals surface area contributed by atoms with Crippen LogP contribution < -0.4 is 5.32 Å². The monoisotopic (exact) mass is 184 g/mol. The van der Waals surface area contributed by atoms with E-state index in [9.17, 15) is 9.59 Å². The first-order chi connectivity index (χ1) is 6.22. The van der Waals surface area contributed by atoms with Crippen LogP contribution in [0.5, 0.6) is 0 Å². The van der Waals surface area contributed by atoms with Crippen molar-refractivity contribution in [3.05, 3.63) is 0 Å². The van der Waals surface area contributed by atoms with E-state index < -0.39 is 0 Å². The third kappa shape index (κ3) is 1.29. The van der Waals surface area contributed by atoms with Crippen molar-refractivity contribution in [2.24, 2.45) is 0 Å². The van der Waals surface area contributed by atoms with Gasteiger partial charge in [-0.3, -0.25) is 14.5 Å². The number of carbonyl (C=O) groups excluding carboxylic acids is 2. The third-order valence-electron chi connectivity index (χ3n) is 2.64. The van der Waals surface area contributed by atoms with Crippen LogP contribution in [0, 0.1) is 0 Å². The SMILES string of the molecule is COC(=O)C1C2CCN1CC(=O)N2. The van der Waals surface area contributed by atoms with Crippen LogP contribution in [0.4, 0.5) is 0 Å². The predicted molar refractivity (Wildman–Crippen MR) is 43.9 cm³/mol. The van der Waals surface area contributed by atoms with Gasteiger partial charge in [0.15, 0.2) is 0 Å². The van der Waals surface area contributed by atoms with Crippen LogP contribution in [0.3, 0.4) is 0 Å². The number of nitrogens with one attached hydrogen (secondary N) is 1. The van der Waals surface area contributed by atoms with Crippen molar-refractivity contribution in [1.82, 2.24) is 10.2 Å². The summed E-state index contributed by atoms with van der Waals surface area (Å²) in [6.07, 6.45) is 0.839. The lowest BCUT2D eigenvalue weighted by Gasteiger charge is -2.30. The Morgan fingerprint density at radius 1 is 1.69 bits per heavy atom. The maximum Gasteiger partial charge on any atom is 0.325 e. The van der Waals surface area contributed by atoms with Crippen molar-refractivity contribution in [1.29, 1.82) is 0 Å². The van der Waals surface area contributed by atoms with E-state index in [1.54, 1.807) is 0 Å². The first kappa shape index (κ1) is 8.50. The summed E-state index contributed by atoms with van der Waals surface area (Å²) in [4.78, 5) is 24.3. The number of piperazine rings is 1. The van der Waals surface area contributed by atoms with Gasteiger partial charge in [-0.1, -0.05) is 0 Å². The van der Waals surface area contributed by atoms with Crippen molar-refractivity contribution in [2.45, 2.75) is 18.5 Å². The predicted octanol–water partition coefficient (Wildman–Crippen LogP) is -1.27. The zero-order chi connectivity index (χ0) is 9.42. The lowest BCUT2D eigenvalue weighted by atomic mass is 10.1. The van der Waals surface area contributed by atoms with Gasteiger partial charge in [-0.25, -0.2) is 0 Å². The summed E-state index contributed by atoms with van der Waals surface area (Å²) >= 11 is 0. The van der Waals surface area contributed by atoms with Crippen LogP contribution in [0.15, 0.2) is 0 Å². The molecule has 2 saturated heterocycles. The van der Waals surface area contributed by atoms with Gasteiger partial charge < -0.3 is 10.1 Å². The van der Waals surface area contributed by atoms with E-state index in [0.29, 0.717) is 6.54 Å². The number of hydrogen-bond donors (Lipinski definition) is 1. The molecule has 3 atom stereocenters. The molecule has 2 fully saturated rings. The molecule has 2 aliphatic heterocycles. The highest BCUT2D eigenvalue weighted by Gasteiger charge is 2.44. The fourth-order valence-corrected chi connectivity index (χ4v) is 2.06. The van der Waals surface area contributed by atoms with Crippen LogP contribution >= 0.6 is 0 Å². The molecule has 2 rings (SSSR count). The molecule has 3 unspecified atom stereocenters. The standard InChI is InChI=1S/C8H12N2O3/c1-13-8(12)7-5-2-3-10(7)4-6(11)9-5/h5,7H,2-4H2,1H3,(H,9,11). The fraction of sp³-hybridized carbons (Fsp3) is 0.750. The van der Waals surface area contributed by atoms with Crippen LogP contribution in [-0.2, 0) is 14.3 Å². The number of ether oxygens (including phenoxy) is 1. The number of carbonyl (C=O) groups is 2. The highest BCUT2D eigenvalue weighted by Crippen LogP contribution is 2.22. The molecule has 0 radical (unpaired) electrons. The Balaban J connectivity index is 2.14. The first-order valence-corrected chi connectivity index (χ1v) is 4.33. The molecule has 0 spiro atoms. The van der Waals surface area contributed by atoms with Gasteiger partial charge in [0.05, 0.1) is 19.7 Å². The Morgan fingerprint density at radius 3 is 3.08 bits per heavy atom. The molecular formula is C8H12N2O3. The molecule has 2 heterocycles. The number of methoxy groups -OCH3 is 1. The average molecular weight is 184 g/mol. The fourth-order valence-electron chi connectivity index (χ4n) is 2.06. The zero-order valence-corrected chi connectivity index (χ0v) is 7.45. The lowest BCUT2D eigenvalue weighted by molar-refractivity contribution is -0.148. The van der Waals surface area contributed by atoms with Gasteiger partial charge in [0, 0.05) is 6.54 Å². The van der Waals surface area contributed by atoms with Gasteiger partial charge >= 0.3 is 5.97 Å². The van der Waals surface area contributed by atoms with Crippen molar-refractivity contribution in [3.63, 3.8) is 0 Å². The minimum Gasteiger partial charge on any atom is -0.468 e. The second-order valence-electron chi connectivity index (χ2n) is 3.40. The quantitative estimate of drug-likeness (QED) is 0.516. The molecule has 0 aromatic carbocycles. The normalized spacial score (nSPS) is 37.0. The summed E-state index contributed by atoms with van der Waals surface area (Å²) < 4.78 is 4.67. The molecule has 5 nitrogen and oxygen atoms in total. The van der Waals surface area contributed by atoms with Crippen LogP contribution in [-0.4, -0.2) is 49.1 Å². The van der Waals surface area contributed by atoms with Crippen LogP contribution in [0.2, 0.25) is 0 Å². The highest BCUT2D eigenvalue weighted by molar-refractivity contribution is 5.85. The van der Waals surface area contributed by atoms with Crippen molar-refractivity contribution < 1.29 is 14.3 Å². The maximum absolute atomic E-state index is 11.3. The molecule has 2 aliphatic rings. The van der Waals surface area contributed by atoms with Crippen LogP contribution in [0.1, 0.15) is 6.42 Å². The van der Waals surface area contributed by atoms with E-state index in [4.69, 9.17) is 0 Å². The lowest BCUT2D eigenvalue weighted by Crippen LogP contribution is -2.57. The largest absolute Gasteiger partial charge is 0.468 e. The van der Waals surface area contributed by atoms with E-state index >= 15 is 0 Å². The molecule has 2 bridgehead atoms. The summed E-state index contributed by atoms with van der Waals surface area (Å²) in [7, 11) is 1.37. The molecule has 13 heavy (non-hydrogen) atoms. The molecule has 1 N–H and O–H groups in total. The Labute approximate surface area is 76.0 Å². The summed E-state index contributed by atoms with van der Waals surface area (Å²) in [6, 6.07) is -0.309. The molecule has 1 amide bonds. The van der Waals surface area contributed by atoms with Crippen molar-refractivity contribution in [3.8, 4) is 0 Å². The topological polar surface area (TPSA) is 58.6 Å². The number of rotatable bonds is 1. The molecule has 0 aromatic rings. The van der Waals surface area contributed by atoms with E-state index in [-0.39, 0.29) is 24.0 Å². The van der Waals surface area contributed by atoms with Gasteiger partial charge in [-0.05, 0) is 6.42 Å². The smallest absolute Gasteiger partial charge is 0.325 e. The number of fused-ring (bicyclic) bond motifs is 2. The van der Waals surface area contributed by atoms with Crippen LogP contribution in [0.25, 0.3) is 0 Å². The van der Waals surface area contributed by atoms with Gasteiger partial charge in [0.2, 0.25) is 5.91 Å². The minimum absolute atomic E-state index is 0.00246. The molecule has 0 aromatic heterocycles. The Bertz CT molecular complexity index is 238. The summed E-state index contributed by atoms with van der Waals surface area (Å²) in [5.41, 5.74) is 0. The van der Waals surface area contributed by atoms with Gasteiger partial charge in [0.25, 0.3) is 0 Å².